The van der Waals surface area contributed by atoms with Crippen LogP contribution in [0.4, 0.5) is 0 Å². The Morgan fingerprint density at radius 2 is 1.18 bits per heavy atom. The van der Waals surface area contributed by atoms with Crippen molar-refractivity contribution < 1.29 is 51.4 Å². The second-order valence-corrected chi connectivity index (χ2v) is 13.7. The van der Waals surface area contributed by atoms with Crippen LogP contribution in [0.1, 0.15) is 103 Å². The number of carbonyl (C=O) groups is 7. The SMILES string of the molecule is NCCCC[C@H](NC(=O)[C@H](CCCCN)NC(=O)[C@H](CCCCN)NC(=O)CCCCCCC(=O)ON1C(=O)CC(S(=O)(=O)O)C1=O)C(N)=O. The molecular weight excluding hydrogens is 680 g/mol. The topological polar surface area (TPSA) is 326 Å². The molecule has 1 heterocycles. The van der Waals surface area contributed by atoms with Crippen LogP contribution in [0.15, 0.2) is 0 Å². The maximum Gasteiger partial charge on any atom is 0.333 e. The van der Waals surface area contributed by atoms with Gasteiger partial charge in [0.1, 0.15) is 18.1 Å². The molecule has 6 amide bonds. The average Bonchev–Trinajstić information content (AvgIpc) is 3.33. The normalized spacial score (nSPS) is 16.4. The zero-order chi connectivity index (χ0) is 37.7. The molecule has 1 unspecified atom stereocenters. The minimum absolute atomic E-state index is 0.0443. The van der Waals surface area contributed by atoms with E-state index in [2.05, 4.69) is 20.8 Å². The lowest BCUT2D eigenvalue weighted by Gasteiger charge is -2.25. The first kappa shape index (κ1) is 44.3. The van der Waals surface area contributed by atoms with E-state index >= 15 is 0 Å². The Morgan fingerprint density at radius 3 is 1.64 bits per heavy atom. The monoisotopic (exact) mass is 734 g/mol. The first-order chi connectivity index (χ1) is 23.7. The number of nitrogens with two attached hydrogens (primary N) is 4. The van der Waals surface area contributed by atoms with Gasteiger partial charge in [0.2, 0.25) is 23.6 Å². The minimum Gasteiger partial charge on any atom is -0.368 e. The van der Waals surface area contributed by atoms with E-state index in [1.165, 1.54) is 0 Å². The summed E-state index contributed by atoms with van der Waals surface area (Å²) < 4.78 is 31.5. The lowest BCUT2D eigenvalue weighted by molar-refractivity contribution is -0.197. The lowest BCUT2D eigenvalue weighted by atomic mass is 10.0. The smallest absolute Gasteiger partial charge is 0.333 e. The number of carbonyl (C=O) groups excluding carboxylic acids is 7. The third-order valence-corrected chi connectivity index (χ3v) is 9.02. The van der Waals surface area contributed by atoms with Crippen LogP contribution in [-0.2, 0) is 48.5 Å². The number of hydrogen-bond acceptors (Lipinski definition) is 13. The van der Waals surface area contributed by atoms with Crippen LogP contribution in [0.2, 0.25) is 0 Å². The molecule has 0 aromatic heterocycles. The van der Waals surface area contributed by atoms with Gasteiger partial charge in [-0.1, -0.05) is 12.8 Å². The van der Waals surface area contributed by atoms with E-state index in [4.69, 9.17) is 27.5 Å². The summed E-state index contributed by atoms with van der Waals surface area (Å²) in [5.41, 5.74) is 22.2. The predicted octanol–water partition coefficient (Wildman–Crippen LogP) is -1.87. The van der Waals surface area contributed by atoms with Crippen LogP contribution in [0.5, 0.6) is 0 Å². The number of hydroxylamine groups is 2. The Labute approximate surface area is 292 Å². The molecular formula is C30H54N8O11S. The van der Waals surface area contributed by atoms with E-state index in [0.29, 0.717) is 83.8 Å². The summed E-state index contributed by atoms with van der Waals surface area (Å²) in [7, 11) is -4.83. The fraction of sp³-hybridized carbons (Fsp3) is 0.767. The minimum atomic E-state index is -4.83. The Kier molecular flexibility index (Phi) is 20.9. The van der Waals surface area contributed by atoms with Crippen molar-refractivity contribution in [1.82, 2.24) is 21.0 Å². The molecule has 50 heavy (non-hydrogen) atoms. The first-order valence-electron chi connectivity index (χ1n) is 17.0. The molecule has 0 bridgehead atoms. The van der Waals surface area contributed by atoms with Crippen molar-refractivity contribution in [3.05, 3.63) is 0 Å². The Hall–Kier alpha value is -3.72. The number of imide groups is 1. The summed E-state index contributed by atoms with van der Waals surface area (Å²) in [6.07, 6.45) is 4.97. The molecule has 1 saturated heterocycles. The van der Waals surface area contributed by atoms with Gasteiger partial charge in [0.05, 0.1) is 6.42 Å². The Balaban J connectivity index is 2.66. The molecule has 0 aromatic rings. The number of nitrogens with one attached hydrogen (secondary N) is 3. The van der Waals surface area contributed by atoms with Crippen LogP contribution in [-0.4, -0.2) is 102 Å². The number of nitrogens with zero attached hydrogens (tertiary/aromatic N) is 1. The molecule has 12 N–H and O–H groups in total. The average molecular weight is 735 g/mol. The molecule has 19 nitrogen and oxygen atoms in total. The van der Waals surface area contributed by atoms with Gasteiger partial charge in [-0.2, -0.15) is 8.42 Å². The lowest BCUT2D eigenvalue weighted by Crippen LogP contribution is -2.56. The van der Waals surface area contributed by atoms with Crippen molar-refractivity contribution in [3.8, 4) is 0 Å². The van der Waals surface area contributed by atoms with Crippen LogP contribution in [0.3, 0.4) is 0 Å². The van der Waals surface area contributed by atoms with E-state index in [0.717, 1.165) is 0 Å². The highest BCUT2D eigenvalue weighted by Crippen LogP contribution is 2.20. The quantitative estimate of drug-likeness (QED) is 0.0260. The zero-order valence-corrected chi connectivity index (χ0v) is 29.3. The fourth-order valence-corrected chi connectivity index (χ4v) is 5.78. The maximum atomic E-state index is 13.4. The van der Waals surface area contributed by atoms with Gasteiger partial charge in [-0.05, 0) is 90.3 Å². The standard InChI is InChI=1S/C30H54N8O11S/c31-16-8-5-11-20(27(34)42)36-29(44)22(13-7-10-18-33)37-28(43)21(12-6-9-17-32)35-24(39)14-3-1-2-4-15-26(41)49-38-25(40)19-23(30(38)45)50(46,47)48/h20-23H,1-19,31-33H2,(H2,34,42)(H,35,39)(H,36,44)(H,37,43)(H,46,47,48)/t20-,21-,22-,23?/m0/s1. The molecule has 20 heteroatoms. The fourth-order valence-electron chi connectivity index (χ4n) is 5.08. The number of amides is 6. The van der Waals surface area contributed by atoms with E-state index < -0.39 is 81.3 Å². The molecule has 1 fully saturated rings. The third kappa shape index (κ3) is 16.8. The largest absolute Gasteiger partial charge is 0.368 e. The molecule has 0 spiro atoms. The van der Waals surface area contributed by atoms with Gasteiger partial charge in [-0.15, -0.1) is 5.06 Å². The van der Waals surface area contributed by atoms with Crippen molar-refractivity contribution in [2.24, 2.45) is 22.9 Å². The molecule has 4 atom stereocenters. The summed E-state index contributed by atoms with van der Waals surface area (Å²) in [6.45, 7) is 1.19. The Morgan fingerprint density at radius 1 is 0.720 bits per heavy atom. The van der Waals surface area contributed by atoms with E-state index in [9.17, 15) is 42.0 Å². The van der Waals surface area contributed by atoms with E-state index in [-0.39, 0.29) is 37.2 Å². The molecule has 0 saturated carbocycles. The van der Waals surface area contributed by atoms with Gasteiger partial charge in [0.25, 0.3) is 21.9 Å². The van der Waals surface area contributed by atoms with Gasteiger partial charge in [-0.25, -0.2) is 4.79 Å². The van der Waals surface area contributed by atoms with Crippen molar-refractivity contribution in [1.29, 1.82) is 0 Å². The van der Waals surface area contributed by atoms with Crippen molar-refractivity contribution >= 4 is 51.5 Å². The highest BCUT2D eigenvalue weighted by atomic mass is 32.2. The van der Waals surface area contributed by atoms with Crippen LogP contribution in [0.25, 0.3) is 0 Å². The summed E-state index contributed by atoms with van der Waals surface area (Å²) in [6, 6.07) is -2.90. The van der Waals surface area contributed by atoms with Gasteiger partial charge in [-0.3, -0.25) is 33.3 Å². The number of primary amides is 1. The van der Waals surface area contributed by atoms with E-state index in [1.807, 2.05) is 0 Å². The number of unbranched alkanes of at least 4 members (excludes halogenated alkanes) is 6. The predicted molar refractivity (Wildman–Crippen MR) is 179 cm³/mol. The molecule has 1 aliphatic heterocycles. The van der Waals surface area contributed by atoms with Gasteiger partial charge in [0.15, 0.2) is 5.25 Å². The van der Waals surface area contributed by atoms with Crippen molar-refractivity contribution in [2.75, 3.05) is 19.6 Å². The van der Waals surface area contributed by atoms with Crippen LogP contribution < -0.4 is 38.9 Å². The summed E-state index contributed by atoms with van der Waals surface area (Å²) in [4.78, 5) is 91.8. The Bertz CT molecular complexity index is 1270. The maximum absolute atomic E-state index is 13.4. The third-order valence-electron chi connectivity index (χ3n) is 7.93. The van der Waals surface area contributed by atoms with Crippen molar-refractivity contribution in [2.45, 2.75) is 126 Å². The molecule has 1 rings (SSSR count). The summed E-state index contributed by atoms with van der Waals surface area (Å²) in [5.74, 6) is -5.62. The second-order valence-electron chi connectivity index (χ2n) is 12.1. The van der Waals surface area contributed by atoms with Gasteiger partial charge >= 0.3 is 5.97 Å². The zero-order valence-electron chi connectivity index (χ0n) is 28.4. The van der Waals surface area contributed by atoms with Gasteiger partial charge < -0.3 is 43.7 Å². The number of rotatable bonds is 27. The highest BCUT2D eigenvalue weighted by molar-refractivity contribution is 7.87. The summed E-state index contributed by atoms with van der Waals surface area (Å²) in [5, 5.41) is 6.09. The molecule has 1 aliphatic rings. The summed E-state index contributed by atoms with van der Waals surface area (Å²) >= 11 is 0. The molecule has 0 aromatic carbocycles. The number of hydrogen-bond donors (Lipinski definition) is 8. The molecule has 0 radical (unpaired) electrons. The van der Waals surface area contributed by atoms with Gasteiger partial charge in [0, 0.05) is 12.8 Å². The van der Waals surface area contributed by atoms with Crippen molar-refractivity contribution in [3.63, 3.8) is 0 Å². The molecule has 286 valence electrons. The van der Waals surface area contributed by atoms with Crippen LogP contribution in [0, 0.1) is 0 Å². The highest BCUT2D eigenvalue weighted by Gasteiger charge is 2.48. The second kappa shape index (κ2) is 23.6. The first-order valence-corrected chi connectivity index (χ1v) is 18.5. The van der Waals surface area contributed by atoms with Crippen LogP contribution >= 0.6 is 0 Å². The van der Waals surface area contributed by atoms with E-state index in [1.54, 1.807) is 0 Å². The molecule has 0 aliphatic carbocycles.